The number of nitrogens with zero attached hydrogens (tertiary/aromatic N) is 1. The first-order chi connectivity index (χ1) is 10.9. The zero-order valence-corrected chi connectivity index (χ0v) is 14.0. The average Bonchev–Trinajstić information content (AvgIpc) is 2.53. The van der Waals surface area contributed by atoms with E-state index >= 15 is 0 Å². The summed E-state index contributed by atoms with van der Waals surface area (Å²) in [6.45, 7) is 8.31. The smallest absolute Gasteiger partial charge is 0.242 e. The van der Waals surface area contributed by atoms with Crippen molar-refractivity contribution < 1.29 is 14.3 Å². The standard InChI is InChI=1S/C17H25N3O3/c1-17(2,3)16(22)19-14-6-4-5-13(11-14)18-12-15(21)20-7-9-23-10-8-20/h4-6,11,18H,7-10,12H2,1-3H3,(H,19,22). The molecule has 1 saturated heterocycles. The molecule has 0 bridgehead atoms. The van der Waals surface area contributed by atoms with E-state index in [1.807, 2.05) is 45.0 Å². The predicted octanol–water partition coefficient (Wildman–Crippen LogP) is 1.94. The lowest BCUT2D eigenvalue weighted by Gasteiger charge is -2.27. The maximum Gasteiger partial charge on any atom is 0.242 e. The van der Waals surface area contributed by atoms with E-state index in [9.17, 15) is 9.59 Å². The van der Waals surface area contributed by atoms with Gasteiger partial charge in [-0.05, 0) is 18.2 Å². The summed E-state index contributed by atoms with van der Waals surface area (Å²) in [5.74, 6) is 0.0106. The molecule has 1 heterocycles. The molecule has 126 valence electrons. The number of rotatable bonds is 4. The lowest BCUT2D eigenvalue weighted by Crippen LogP contribution is -2.43. The largest absolute Gasteiger partial charge is 0.378 e. The zero-order valence-electron chi connectivity index (χ0n) is 14.0. The lowest BCUT2D eigenvalue weighted by molar-refractivity contribution is -0.133. The summed E-state index contributed by atoms with van der Waals surface area (Å²) >= 11 is 0. The minimum Gasteiger partial charge on any atom is -0.378 e. The maximum absolute atomic E-state index is 12.1. The Morgan fingerprint density at radius 2 is 1.83 bits per heavy atom. The van der Waals surface area contributed by atoms with Crippen LogP contribution in [-0.2, 0) is 14.3 Å². The van der Waals surface area contributed by atoms with E-state index in [1.54, 1.807) is 4.90 Å². The summed E-state index contributed by atoms with van der Waals surface area (Å²) in [7, 11) is 0. The molecule has 2 N–H and O–H groups in total. The van der Waals surface area contributed by atoms with Crippen LogP contribution in [0.3, 0.4) is 0 Å². The Morgan fingerprint density at radius 3 is 2.48 bits per heavy atom. The number of hydrogen-bond acceptors (Lipinski definition) is 4. The minimum absolute atomic E-state index is 0.0426. The molecule has 0 aliphatic carbocycles. The second-order valence-corrected chi connectivity index (χ2v) is 6.63. The Balaban J connectivity index is 1.89. The SMILES string of the molecule is CC(C)(C)C(=O)Nc1cccc(NCC(=O)N2CCOCC2)c1. The summed E-state index contributed by atoms with van der Waals surface area (Å²) in [6.07, 6.45) is 0. The highest BCUT2D eigenvalue weighted by Gasteiger charge is 2.21. The van der Waals surface area contributed by atoms with Gasteiger partial charge in [0, 0.05) is 29.9 Å². The van der Waals surface area contributed by atoms with E-state index in [4.69, 9.17) is 4.74 Å². The molecule has 6 heteroatoms. The highest BCUT2D eigenvalue weighted by atomic mass is 16.5. The highest BCUT2D eigenvalue weighted by molar-refractivity contribution is 5.95. The number of ether oxygens (including phenoxy) is 1. The van der Waals surface area contributed by atoms with Gasteiger partial charge in [0.15, 0.2) is 0 Å². The van der Waals surface area contributed by atoms with Crippen molar-refractivity contribution in [3.05, 3.63) is 24.3 Å². The van der Waals surface area contributed by atoms with Crippen molar-refractivity contribution in [3.63, 3.8) is 0 Å². The third-order valence-electron chi connectivity index (χ3n) is 3.61. The summed E-state index contributed by atoms with van der Waals surface area (Å²) in [6, 6.07) is 7.38. The molecule has 1 aliphatic heterocycles. The molecule has 0 saturated carbocycles. The fourth-order valence-electron chi connectivity index (χ4n) is 2.13. The highest BCUT2D eigenvalue weighted by Crippen LogP contribution is 2.20. The summed E-state index contributed by atoms with van der Waals surface area (Å²) in [4.78, 5) is 25.9. The van der Waals surface area contributed by atoms with Gasteiger partial charge in [0.1, 0.15) is 0 Å². The summed E-state index contributed by atoms with van der Waals surface area (Å²) in [5.41, 5.74) is 1.07. The normalized spacial score (nSPS) is 15.2. The van der Waals surface area contributed by atoms with E-state index in [0.29, 0.717) is 32.0 Å². The molecular formula is C17H25N3O3. The van der Waals surface area contributed by atoms with E-state index in [-0.39, 0.29) is 18.4 Å². The molecular weight excluding hydrogens is 294 g/mol. The number of nitrogens with one attached hydrogen (secondary N) is 2. The number of benzene rings is 1. The Labute approximate surface area is 137 Å². The molecule has 1 aromatic carbocycles. The van der Waals surface area contributed by atoms with Crippen LogP contribution in [0.15, 0.2) is 24.3 Å². The second-order valence-electron chi connectivity index (χ2n) is 6.63. The van der Waals surface area contributed by atoms with Crippen LogP contribution in [0.2, 0.25) is 0 Å². The van der Waals surface area contributed by atoms with Crippen molar-refractivity contribution in [3.8, 4) is 0 Å². The van der Waals surface area contributed by atoms with Gasteiger partial charge in [-0.25, -0.2) is 0 Å². The number of morpholine rings is 1. The van der Waals surface area contributed by atoms with E-state index in [1.165, 1.54) is 0 Å². The van der Waals surface area contributed by atoms with Crippen molar-refractivity contribution in [1.82, 2.24) is 4.90 Å². The number of hydrogen-bond donors (Lipinski definition) is 2. The number of amides is 2. The van der Waals surface area contributed by atoms with E-state index in [2.05, 4.69) is 10.6 Å². The van der Waals surface area contributed by atoms with Gasteiger partial charge in [0.2, 0.25) is 11.8 Å². The van der Waals surface area contributed by atoms with Crippen LogP contribution in [0.4, 0.5) is 11.4 Å². The Hall–Kier alpha value is -2.08. The van der Waals surface area contributed by atoms with Gasteiger partial charge >= 0.3 is 0 Å². The van der Waals surface area contributed by atoms with Crippen LogP contribution in [0.1, 0.15) is 20.8 Å². The second kappa shape index (κ2) is 7.46. The fourth-order valence-corrected chi connectivity index (χ4v) is 2.13. The lowest BCUT2D eigenvalue weighted by atomic mass is 9.95. The Morgan fingerprint density at radius 1 is 1.17 bits per heavy atom. The average molecular weight is 319 g/mol. The van der Waals surface area contributed by atoms with Gasteiger partial charge in [-0.3, -0.25) is 9.59 Å². The number of anilines is 2. The fraction of sp³-hybridized carbons (Fsp3) is 0.529. The molecule has 0 aromatic heterocycles. The molecule has 23 heavy (non-hydrogen) atoms. The maximum atomic E-state index is 12.1. The number of carbonyl (C=O) groups is 2. The minimum atomic E-state index is -0.449. The van der Waals surface area contributed by atoms with Gasteiger partial charge in [-0.2, -0.15) is 0 Å². The van der Waals surface area contributed by atoms with Crippen molar-refractivity contribution in [2.45, 2.75) is 20.8 Å². The molecule has 0 atom stereocenters. The van der Waals surface area contributed by atoms with Crippen molar-refractivity contribution in [2.24, 2.45) is 5.41 Å². The van der Waals surface area contributed by atoms with Crippen LogP contribution in [0, 0.1) is 5.41 Å². The van der Waals surface area contributed by atoms with Crippen LogP contribution in [0.5, 0.6) is 0 Å². The Bertz CT molecular complexity index is 560. The van der Waals surface area contributed by atoms with Crippen LogP contribution in [0.25, 0.3) is 0 Å². The summed E-state index contributed by atoms with van der Waals surface area (Å²) in [5, 5.41) is 5.99. The molecule has 1 aromatic rings. The topological polar surface area (TPSA) is 70.7 Å². The molecule has 1 fully saturated rings. The third-order valence-corrected chi connectivity index (χ3v) is 3.61. The first-order valence-electron chi connectivity index (χ1n) is 7.87. The molecule has 2 amide bonds. The molecule has 0 spiro atoms. The van der Waals surface area contributed by atoms with E-state index in [0.717, 1.165) is 5.69 Å². The molecule has 0 unspecified atom stereocenters. The monoisotopic (exact) mass is 319 g/mol. The molecule has 6 nitrogen and oxygen atoms in total. The molecule has 0 radical (unpaired) electrons. The van der Waals surface area contributed by atoms with Crippen LogP contribution < -0.4 is 10.6 Å². The van der Waals surface area contributed by atoms with E-state index < -0.39 is 5.41 Å². The zero-order chi connectivity index (χ0) is 16.9. The van der Waals surface area contributed by atoms with Crippen molar-refractivity contribution in [2.75, 3.05) is 43.5 Å². The van der Waals surface area contributed by atoms with Crippen molar-refractivity contribution >= 4 is 23.2 Å². The molecule has 1 aliphatic rings. The van der Waals surface area contributed by atoms with Gasteiger partial charge in [-0.1, -0.05) is 26.8 Å². The molecule has 2 rings (SSSR count). The van der Waals surface area contributed by atoms with Crippen LogP contribution >= 0.6 is 0 Å². The summed E-state index contributed by atoms with van der Waals surface area (Å²) < 4.78 is 5.24. The first-order valence-corrected chi connectivity index (χ1v) is 7.87. The first kappa shape index (κ1) is 17.3. The third kappa shape index (κ3) is 5.25. The van der Waals surface area contributed by atoms with Gasteiger partial charge in [-0.15, -0.1) is 0 Å². The van der Waals surface area contributed by atoms with Gasteiger partial charge in [0.25, 0.3) is 0 Å². The Kier molecular flexibility index (Phi) is 5.60. The van der Waals surface area contributed by atoms with Crippen LogP contribution in [-0.4, -0.2) is 49.6 Å². The van der Waals surface area contributed by atoms with Crippen molar-refractivity contribution in [1.29, 1.82) is 0 Å². The number of carbonyl (C=O) groups excluding carboxylic acids is 2. The van der Waals surface area contributed by atoms with Gasteiger partial charge < -0.3 is 20.3 Å². The van der Waals surface area contributed by atoms with Gasteiger partial charge in [0.05, 0.1) is 19.8 Å². The quantitative estimate of drug-likeness (QED) is 0.890. The predicted molar refractivity (Wildman–Crippen MR) is 90.4 cm³/mol.